The molecule has 18 heavy (non-hydrogen) atoms. The zero-order valence-electron chi connectivity index (χ0n) is 10.7. The lowest BCUT2D eigenvalue weighted by Crippen LogP contribution is -2.37. The van der Waals surface area contributed by atoms with Crippen LogP contribution in [-0.2, 0) is 11.3 Å². The molecule has 4 heteroatoms. The SMILES string of the molecule is CCCN(CC#N)CC(=O)NCc1ccccc1. The monoisotopic (exact) mass is 245 g/mol. The Bertz CT molecular complexity index is 397. The van der Waals surface area contributed by atoms with Gasteiger partial charge in [0.25, 0.3) is 0 Å². The molecule has 0 bridgehead atoms. The van der Waals surface area contributed by atoms with Gasteiger partial charge in [-0.25, -0.2) is 0 Å². The van der Waals surface area contributed by atoms with Gasteiger partial charge in [-0.15, -0.1) is 0 Å². The number of carbonyl (C=O) groups is 1. The van der Waals surface area contributed by atoms with Crippen molar-refractivity contribution in [1.82, 2.24) is 10.2 Å². The van der Waals surface area contributed by atoms with Crippen LogP contribution in [0.3, 0.4) is 0 Å². The van der Waals surface area contributed by atoms with Gasteiger partial charge in [0.2, 0.25) is 5.91 Å². The second-order valence-electron chi connectivity index (χ2n) is 4.13. The fourth-order valence-corrected chi connectivity index (χ4v) is 1.69. The number of nitrogens with one attached hydrogen (secondary N) is 1. The quantitative estimate of drug-likeness (QED) is 0.741. The minimum atomic E-state index is -0.0393. The van der Waals surface area contributed by atoms with E-state index < -0.39 is 0 Å². The largest absolute Gasteiger partial charge is 0.351 e. The number of carbonyl (C=O) groups excluding carboxylic acids is 1. The second-order valence-corrected chi connectivity index (χ2v) is 4.13. The first-order valence-corrected chi connectivity index (χ1v) is 6.16. The van der Waals surface area contributed by atoms with E-state index in [4.69, 9.17) is 5.26 Å². The van der Waals surface area contributed by atoms with Crippen LogP contribution in [0.2, 0.25) is 0 Å². The first-order chi connectivity index (χ1) is 8.76. The lowest BCUT2D eigenvalue weighted by atomic mass is 10.2. The number of benzene rings is 1. The van der Waals surface area contributed by atoms with Crippen molar-refractivity contribution in [1.29, 1.82) is 5.26 Å². The Kier molecular flexibility index (Phi) is 6.52. The molecule has 0 saturated carbocycles. The third-order valence-electron chi connectivity index (χ3n) is 2.53. The van der Waals surface area contributed by atoms with Gasteiger partial charge in [0.15, 0.2) is 0 Å². The number of nitriles is 1. The molecule has 1 N–H and O–H groups in total. The topological polar surface area (TPSA) is 56.1 Å². The van der Waals surface area contributed by atoms with E-state index in [0.717, 1.165) is 18.5 Å². The highest BCUT2D eigenvalue weighted by atomic mass is 16.2. The van der Waals surface area contributed by atoms with Gasteiger partial charge in [-0.3, -0.25) is 9.69 Å². The zero-order valence-corrected chi connectivity index (χ0v) is 10.7. The molecule has 0 unspecified atom stereocenters. The van der Waals surface area contributed by atoms with Crippen LogP contribution in [0.4, 0.5) is 0 Å². The molecule has 1 aromatic carbocycles. The highest BCUT2D eigenvalue weighted by Gasteiger charge is 2.08. The van der Waals surface area contributed by atoms with Crippen LogP contribution < -0.4 is 5.32 Å². The summed E-state index contributed by atoms with van der Waals surface area (Å²) in [6, 6.07) is 11.9. The third kappa shape index (κ3) is 5.46. The van der Waals surface area contributed by atoms with Crippen molar-refractivity contribution in [2.45, 2.75) is 19.9 Å². The molecular formula is C14H19N3O. The number of rotatable bonds is 7. The van der Waals surface area contributed by atoms with Gasteiger partial charge >= 0.3 is 0 Å². The highest BCUT2D eigenvalue weighted by molar-refractivity contribution is 5.78. The molecule has 0 atom stereocenters. The van der Waals surface area contributed by atoms with Crippen LogP contribution in [0.1, 0.15) is 18.9 Å². The molecule has 0 radical (unpaired) electrons. The maximum absolute atomic E-state index is 11.7. The van der Waals surface area contributed by atoms with E-state index in [0.29, 0.717) is 13.1 Å². The van der Waals surface area contributed by atoms with Crippen LogP contribution >= 0.6 is 0 Å². The molecule has 0 aliphatic carbocycles. The average molecular weight is 245 g/mol. The summed E-state index contributed by atoms with van der Waals surface area (Å²) in [7, 11) is 0. The van der Waals surface area contributed by atoms with Crippen molar-refractivity contribution in [3.05, 3.63) is 35.9 Å². The molecule has 0 fully saturated rings. The Hall–Kier alpha value is -1.86. The van der Waals surface area contributed by atoms with Gasteiger partial charge in [-0.1, -0.05) is 37.3 Å². The zero-order chi connectivity index (χ0) is 13.2. The summed E-state index contributed by atoms with van der Waals surface area (Å²) in [5, 5.41) is 11.5. The maximum atomic E-state index is 11.7. The summed E-state index contributed by atoms with van der Waals surface area (Å²) in [4.78, 5) is 13.6. The molecule has 1 rings (SSSR count). The number of amides is 1. The number of nitrogens with zero attached hydrogens (tertiary/aromatic N) is 2. The summed E-state index contributed by atoms with van der Waals surface area (Å²) in [6.45, 7) is 3.92. The standard InChI is InChI=1S/C14H19N3O/c1-2-9-17(10-8-15)12-14(18)16-11-13-6-4-3-5-7-13/h3-7H,2,9-12H2,1H3,(H,16,18). The summed E-state index contributed by atoms with van der Waals surface area (Å²) in [5.41, 5.74) is 1.08. The molecule has 4 nitrogen and oxygen atoms in total. The molecular weight excluding hydrogens is 226 g/mol. The minimum absolute atomic E-state index is 0.0393. The van der Waals surface area contributed by atoms with Gasteiger partial charge in [0, 0.05) is 6.54 Å². The molecule has 0 saturated heterocycles. The Morgan fingerprint density at radius 1 is 1.39 bits per heavy atom. The fourth-order valence-electron chi connectivity index (χ4n) is 1.69. The van der Waals surface area contributed by atoms with E-state index in [1.54, 1.807) is 0 Å². The van der Waals surface area contributed by atoms with E-state index in [1.165, 1.54) is 0 Å². The smallest absolute Gasteiger partial charge is 0.234 e. The Balaban J connectivity index is 2.34. The van der Waals surface area contributed by atoms with Gasteiger partial charge in [0.1, 0.15) is 0 Å². The van der Waals surface area contributed by atoms with Crippen molar-refractivity contribution in [3.63, 3.8) is 0 Å². The van der Waals surface area contributed by atoms with Crippen LogP contribution in [0.25, 0.3) is 0 Å². The molecule has 1 amide bonds. The van der Waals surface area contributed by atoms with Crippen molar-refractivity contribution >= 4 is 5.91 Å². The molecule has 96 valence electrons. The normalized spacial score (nSPS) is 10.1. The lowest BCUT2D eigenvalue weighted by molar-refractivity contribution is -0.122. The van der Waals surface area contributed by atoms with E-state index in [2.05, 4.69) is 11.4 Å². The van der Waals surface area contributed by atoms with E-state index in [-0.39, 0.29) is 12.5 Å². The maximum Gasteiger partial charge on any atom is 0.234 e. The van der Waals surface area contributed by atoms with E-state index in [9.17, 15) is 4.79 Å². The molecule has 0 aliphatic rings. The van der Waals surface area contributed by atoms with Crippen molar-refractivity contribution < 1.29 is 4.79 Å². The minimum Gasteiger partial charge on any atom is -0.351 e. The number of hydrogen-bond acceptors (Lipinski definition) is 3. The summed E-state index contributed by atoms with van der Waals surface area (Å²) in [5.74, 6) is -0.0393. The molecule has 0 heterocycles. The first kappa shape index (κ1) is 14.2. The molecule has 1 aromatic rings. The third-order valence-corrected chi connectivity index (χ3v) is 2.53. The molecule has 0 aliphatic heterocycles. The average Bonchev–Trinajstić information content (AvgIpc) is 2.38. The molecule has 0 spiro atoms. The fraction of sp³-hybridized carbons (Fsp3) is 0.429. The number of hydrogen-bond donors (Lipinski definition) is 1. The predicted molar refractivity (Wildman–Crippen MR) is 70.6 cm³/mol. The van der Waals surface area contributed by atoms with Crippen molar-refractivity contribution in [2.24, 2.45) is 0 Å². The van der Waals surface area contributed by atoms with Crippen LogP contribution in [-0.4, -0.2) is 30.4 Å². The predicted octanol–water partition coefficient (Wildman–Crippen LogP) is 1.54. The van der Waals surface area contributed by atoms with Gasteiger partial charge < -0.3 is 5.32 Å². The Morgan fingerprint density at radius 2 is 2.11 bits per heavy atom. The van der Waals surface area contributed by atoms with Gasteiger partial charge in [0.05, 0.1) is 19.2 Å². The molecule has 0 aromatic heterocycles. The van der Waals surface area contributed by atoms with Gasteiger partial charge in [-0.05, 0) is 18.5 Å². The first-order valence-electron chi connectivity index (χ1n) is 6.16. The second kappa shape index (κ2) is 8.26. The van der Waals surface area contributed by atoms with Gasteiger partial charge in [-0.2, -0.15) is 5.26 Å². The lowest BCUT2D eigenvalue weighted by Gasteiger charge is -2.17. The van der Waals surface area contributed by atoms with E-state index >= 15 is 0 Å². The summed E-state index contributed by atoms with van der Waals surface area (Å²) in [6.07, 6.45) is 0.938. The van der Waals surface area contributed by atoms with E-state index in [1.807, 2.05) is 42.2 Å². The summed E-state index contributed by atoms with van der Waals surface area (Å²) >= 11 is 0. The van der Waals surface area contributed by atoms with Crippen molar-refractivity contribution in [2.75, 3.05) is 19.6 Å². The van der Waals surface area contributed by atoms with Crippen LogP contribution in [0.15, 0.2) is 30.3 Å². The van der Waals surface area contributed by atoms with Crippen LogP contribution in [0, 0.1) is 11.3 Å². The summed E-state index contributed by atoms with van der Waals surface area (Å²) < 4.78 is 0. The highest BCUT2D eigenvalue weighted by Crippen LogP contribution is 1.97. The Morgan fingerprint density at radius 3 is 2.72 bits per heavy atom. The van der Waals surface area contributed by atoms with Crippen LogP contribution in [0.5, 0.6) is 0 Å². The Labute approximate surface area is 108 Å². The van der Waals surface area contributed by atoms with Crippen molar-refractivity contribution in [3.8, 4) is 6.07 Å².